The summed E-state index contributed by atoms with van der Waals surface area (Å²) in [6.07, 6.45) is 7.51. The number of carbonyl (C=O) groups excluding carboxylic acids is 1. The first-order chi connectivity index (χ1) is 12.5. The van der Waals surface area contributed by atoms with Crippen LogP contribution in [0.1, 0.15) is 38.9 Å². The van der Waals surface area contributed by atoms with E-state index in [2.05, 4.69) is 36.8 Å². The van der Waals surface area contributed by atoms with Crippen molar-refractivity contribution < 1.29 is 4.79 Å². The fourth-order valence-corrected chi connectivity index (χ4v) is 3.09. The lowest BCUT2D eigenvalue weighted by atomic mass is 10.1. The second-order valence-electron chi connectivity index (χ2n) is 6.50. The highest BCUT2D eigenvalue weighted by atomic mass is 16.1. The van der Waals surface area contributed by atoms with Crippen LogP contribution in [-0.2, 0) is 4.79 Å². The molecular weight excluding hydrogens is 330 g/mol. The summed E-state index contributed by atoms with van der Waals surface area (Å²) in [7, 11) is 0. The molecule has 0 aromatic carbocycles. The fourth-order valence-electron chi connectivity index (χ4n) is 3.09. The number of rotatable bonds is 6. The molecule has 3 rings (SSSR count). The van der Waals surface area contributed by atoms with Crippen LogP contribution < -0.4 is 11.1 Å². The first kappa shape index (κ1) is 17.8. The van der Waals surface area contributed by atoms with Crippen molar-refractivity contribution in [2.24, 2.45) is 16.6 Å². The largest absolute Gasteiger partial charge is 0.369 e. The number of imidazole rings is 1. The van der Waals surface area contributed by atoms with Crippen LogP contribution in [0.5, 0.6) is 0 Å². The molecule has 2 aromatic rings. The molecule has 2 aromatic heterocycles. The Hall–Kier alpha value is -3.03. The first-order valence-corrected chi connectivity index (χ1v) is 8.60. The maximum Gasteiger partial charge on any atom is 0.220 e. The van der Waals surface area contributed by atoms with E-state index in [1.165, 1.54) is 6.33 Å². The summed E-state index contributed by atoms with van der Waals surface area (Å²) < 4.78 is 0. The Morgan fingerprint density at radius 2 is 2.27 bits per heavy atom. The van der Waals surface area contributed by atoms with Crippen molar-refractivity contribution in [1.82, 2.24) is 19.9 Å². The van der Waals surface area contributed by atoms with E-state index < -0.39 is 0 Å². The molecule has 2 heterocycles. The molecule has 8 heteroatoms. The molecule has 26 heavy (non-hydrogen) atoms. The average Bonchev–Trinajstić information content (AvgIpc) is 3.22. The van der Waals surface area contributed by atoms with Crippen molar-refractivity contribution in [1.29, 1.82) is 0 Å². The minimum Gasteiger partial charge on any atom is -0.369 e. The molecule has 1 unspecified atom stereocenters. The summed E-state index contributed by atoms with van der Waals surface area (Å²) in [5, 5.41) is 3.39. The average molecular weight is 353 g/mol. The van der Waals surface area contributed by atoms with Gasteiger partial charge in [0.1, 0.15) is 17.7 Å². The number of aliphatic imine (C=N–C) groups is 1. The molecule has 1 fully saturated rings. The zero-order chi connectivity index (χ0) is 18.7. The molecular formula is C18H23N7O. The van der Waals surface area contributed by atoms with Gasteiger partial charge in [0.2, 0.25) is 5.91 Å². The van der Waals surface area contributed by atoms with Crippen LogP contribution >= 0.6 is 0 Å². The number of carbonyl (C=O) groups is 1. The van der Waals surface area contributed by atoms with Crippen LogP contribution in [0.25, 0.3) is 16.7 Å². The Morgan fingerprint density at radius 3 is 2.92 bits per heavy atom. The molecule has 8 nitrogen and oxygen atoms in total. The third kappa shape index (κ3) is 3.79. The van der Waals surface area contributed by atoms with E-state index in [9.17, 15) is 4.79 Å². The summed E-state index contributed by atoms with van der Waals surface area (Å²) >= 11 is 0. The number of aromatic nitrogens is 4. The Balaban J connectivity index is 1.85. The molecule has 0 aliphatic heterocycles. The molecule has 4 N–H and O–H groups in total. The molecule has 0 radical (unpaired) electrons. The SMILES string of the molecule is C=C(C)N=C/C(=C\C)c1nc2ncnc(N[C@H]3CCC(C(N)=O)C3)c2[nH]1. The number of fused-ring (bicyclic) bond motifs is 1. The van der Waals surface area contributed by atoms with Gasteiger partial charge in [0.15, 0.2) is 11.5 Å². The lowest BCUT2D eigenvalue weighted by Crippen LogP contribution is -2.23. The smallest absolute Gasteiger partial charge is 0.220 e. The van der Waals surface area contributed by atoms with E-state index in [0.717, 1.165) is 23.9 Å². The number of nitrogens with two attached hydrogens (primary N) is 1. The van der Waals surface area contributed by atoms with Crippen LogP contribution in [-0.4, -0.2) is 38.1 Å². The first-order valence-electron chi connectivity index (χ1n) is 8.60. The second-order valence-corrected chi connectivity index (χ2v) is 6.50. The normalized spacial score (nSPS) is 20.8. The summed E-state index contributed by atoms with van der Waals surface area (Å²) in [5.41, 5.74) is 8.27. The number of amides is 1. The molecule has 1 aliphatic carbocycles. The predicted octanol–water partition coefficient (Wildman–Crippen LogP) is 2.43. The van der Waals surface area contributed by atoms with Crippen LogP contribution in [0.4, 0.5) is 5.82 Å². The van der Waals surface area contributed by atoms with Gasteiger partial charge in [-0.2, -0.15) is 0 Å². The number of aromatic amines is 1. The van der Waals surface area contributed by atoms with Crippen molar-refractivity contribution in [2.45, 2.75) is 39.2 Å². The molecule has 2 atom stereocenters. The molecule has 1 saturated carbocycles. The monoisotopic (exact) mass is 353 g/mol. The Morgan fingerprint density at radius 1 is 1.46 bits per heavy atom. The minimum atomic E-state index is -0.236. The van der Waals surface area contributed by atoms with Crippen LogP contribution in [0.3, 0.4) is 0 Å². The third-order valence-corrected chi connectivity index (χ3v) is 4.47. The van der Waals surface area contributed by atoms with Crippen LogP contribution in [0.2, 0.25) is 0 Å². The number of nitrogens with zero attached hydrogens (tertiary/aromatic N) is 4. The number of nitrogens with one attached hydrogen (secondary N) is 2. The summed E-state index contributed by atoms with van der Waals surface area (Å²) in [4.78, 5) is 32.0. The fraction of sp³-hybridized carbons (Fsp3) is 0.389. The van der Waals surface area contributed by atoms with E-state index in [0.29, 0.717) is 29.4 Å². The van der Waals surface area contributed by atoms with Crippen molar-refractivity contribution in [3.8, 4) is 0 Å². The zero-order valence-electron chi connectivity index (χ0n) is 15.0. The van der Waals surface area contributed by atoms with E-state index in [4.69, 9.17) is 5.73 Å². The lowest BCUT2D eigenvalue weighted by molar-refractivity contribution is -0.121. The standard InChI is InChI=1S/C18H23N7O/c1-4-11(8-20-10(2)3)16-24-14-17(21-9-22-18(14)25-16)23-13-6-5-12(7-13)15(19)26/h4,8-9,12-13H,2,5-7H2,1,3H3,(H2,19,26)(H2,21,22,23,24,25)/b11-4+,20-8?/t12?,13-/m0/s1. The summed E-state index contributed by atoms with van der Waals surface area (Å²) in [6, 6.07) is 0.156. The van der Waals surface area contributed by atoms with Crippen LogP contribution in [0.15, 0.2) is 29.7 Å². The van der Waals surface area contributed by atoms with Gasteiger partial charge in [-0.25, -0.2) is 15.0 Å². The van der Waals surface area contributed by atoms with E-state index >= 15 is 0 Å². The van der Waals surface area contributed by atoms with Crippen molar-refractivity contribution in [3.63, 3.8) is 0 Å². The maximum absolute atomic E-state index is 11.4. The molecule has 136 valence electrons. The van der Waals surface area contributed by atoms with Gasteiger partial charge in [-0.3, -0.25) is 9.79 Å². The number of anilines is 1. The van der Waals surface area contributed by atoms with Gasteiger partial charge >= 0.3 is 0 Å². The topological polar surface area (TPSA) is 122 Å². The second kappa shape index (κ2) is 7.47. The zero-order valence-corrected chi connectivity index (χ0v) is 15.0. The number of hydrogen-bond acceptors (Lipinski definition) is 6. The van der Waals surface area contributed by atoms with Gasteiger partial charge in [0.25, 0.3) is 0 Å². The molecule has 0 spiro atoms. The Labute approximate surface area is 151 Å². The van der Waals surface area contributed by atoms with Crippen molar-refractivity contribution in [3.05, 3.63) is 30.5 Å². The van der Waals surface area contributed by atoms with Gasteiger partial charge in [-0.1, -0.05) is 12.7 Å². The van der Waals surface area contributed by atoms with Crippen LogP contribution in [0, 0.1) is 5.92 Å². The number of hydrogen-bond donors (Lipinski definition) is 3. The van der Waals surface area contributed by atoms with Gasteiger partial charge in [0, 0.05) is 29.4 Å². The van der Waals surface area contributed by atoms with Gasteiger partial charge in [0.05, 0.1) is 0 Å². The number of H-pyrrole nitrogens is 1. The highest BCUT2D eigenvalue weighted by Gasteiger charge is 2.29. The third-order valence-electron chi connectivity index (χ3n) is 4.47. The Kier molecular flexibility index (Phi) is 5.11. The number of allylic oxidation sites excluding steroid dienone is 3. The van der Waals surface area contributed by atoms with Gasteiger partial charge < -0.3 is 16.0 Å². The quantitative estimate of drug-likeness (QED) is 0.688. The number of primary amides is 1. The maximum atomic E-state index is 11.4. The summed E-state index contributed by atoms with van der Waals surface area (Å²) in [6.45, 7) is 7.51. The van der Waals surface area contributed by atoms with Gasteiger partial charge in [-0.05, 0) is 33.1 Å². The lowest BCUT2D eigenvalue weighted by Gasteiger charge is -2.13. The minimum absolute atomic E-state index is 0.0739. The highest BCUT2D eigenvalue weighted by molar-refractivity contribution is 6.09. The van der Waals surface area contributed by atoms with E-state index in [1.54, 1.807) is 6.21 Å². The molecule has 0 saturated heterocycles. The summed E-state index contributed by atoms with van der Waals surface area (Å²) in [5.74, 6) is 1.03. The van der Waals surface area contributed by atoms with Crippen molar-refractivity contribution in [2.75, 3.05) is 5.32 Å². The van der Waals surface area contributed by atoms with E-state index in [1.807, 2.05) is 19.9 Å². The molecule has 1 amide bonds. The highest BCUT2D eigenvalue weighted by Crippen LogP contribution is 2.29. The van der Waals surface area contributed by atoms with Gasteiger partial charge in [-0.15, -0.1) is 0 Å². The van der Waals surface area contributed by atoms with E-state index in [-0.39, 0.29) is 17.9 Å². The molecule has 0 bridgehead atoms. The van der Waals surface area contributed by atoms with Crippen molar-refractivity contribution >= 4 is 34.7 Å². The molecule has 1 aliphatic rings. The Bertz CT molecular complexity index is 896. The predicted molar refractivity (Wildman–Crippen MR) is 103 cm³/mol.